The summed E-state index contributed by atoms with van der Waals surface area (Å²) in [5, 5.41) is 12.6. The summed E-state index contributed by atoms with van der Waals surface area (Å²) in [6.45, 7) is 0. The fourth-order valence-electron chi connectivity index (χ4n) is 1.93. The molecule has 3 N–H and O–H groups in total. The Kier molecular flexibility index (Phi) is 5.50. The van der Waals surface area contributed by atoms with Crippen LogP contribution in [0.15, 0.2) is 34.1 Å². The third-order valence-electron chi connectivity index (χ3n) is 2.83. The molecule has 2 rings (SSSR count). The monoisotopic (exact) mass is 355 g/mol. The zero-order valence-electron chi connectivity index (χ0n) is 11.6. The zero-order valence-corrected chi connectivity index (χ0v) is 15.2. The second-order valence-electron chi connectivity index (χ2n) is 4.19. The van der Waals surface area contributed by atoms with Crippen molar-refractivity contribution < 1.29 is 60.6 Å². The van der Waals surface area contributed by atoms with Crippen LogP contribution in [-0.4, -0.2) is 38.1 Å². The van der Waals surface area contributed by atoms with E-state index in [0.717, 1.165) is 24.3 Å². The van der Waals surface area contributed by atoms with Gasteiger partial charge in [-0.15, -0.1) is 0 Å². The molecule has 2 aromatic carbocycles. The van der Waals surface area contributed by atoms with Crippen molar-refractivity contribution in [1.29, 1.82) is 0 Å². The molecule has 0 fully saturated rings. The van der Waals surface area contributed by atoms with Gasteiger partial charge in [-0.2, -0.15) is 8.42 Å². The van der Waals surface area contributed by atoms with Gasteiger partial charge in [0.25, 0.3) is 10.1 Å². The minimum absolute atomic E-state index is 0. The maximum Gasteiger partial charge on any atom is 1.00 e. The quantitative estimate of drug-likeness (QED) is 0.413. The summed E-state index contributed by atoms with van der Waals surface area (Å²) in [5.74, 6) is -0.487. The number of benzene rings is 2. The summed E-state index contributed by atoms with van der Waals surface area (Å²) in [4.78, 5) is -1.21. The Labute approximate surface area is 148 Å². The molecule has 114 valence electrons. The van der Waals surface area contributed by atoms with Crippen LogP contribution in [0.1, 0.15) is 0 Å². The van der Waals surface area contributed by atoms with Crippen LogP contribution in [0, 0.1) is 0 Å². The smallest absolute Gasteiger partial charge is 0.744 e. The summed E-state index contributed by atoms with van der Waals surface area (Å²) >= 11 is 0. The number of rotatable bonds is 3. The Hall–Kier alpha value is -0.880. The van der Waals surface area contributed by atoms with E-state index >= 15 is 0 Å². The van der Waals surface area contributed by atoms with Crippen molar-refractivity contribution in [3.63, 3.8) is 0 Å². The predicted molar refractivity (Wildman–Crippen MR) is 72.9 cm³/mol. The van der Waals surface area contributed by atoms with Gasteiger partial charge in [0.15, 0.2) is 0 Å². The van der Waals surface area contributed by atoms with Crippen molar-refractivity contribution in [3.05, 3.63) is 24.3 Å². The zero-order chi connectivity index (χ0) is 16.0. The van der Waals surface area contributed by atoms with E-state index in [9.17, 15) is 26.5 Å². The molecule has 0 radical (unpaired) electrons. The fraction of sp³-hybridized carbons (Fsp3) is 0.0909. The number of nitrogens with one attached hydrogen (secondary N) is 1. The minimum atomic E-state index is -4.77. The molecule has 0 heterocycles. The fourth-order valence-corrected chi connectivity index (χ4v) is 3.00. The molecule has 0 atom stereocenters. The second-order valence-corrected chi connectivity index (χ2v) is 6.99. The SMILES string of the molecule is CNc1cc(S(=O)(=O)[O-])cc2cc(S(=O)(=O)O)cc(O)c12.[Na+]. The van der Waals surface area contributed by atoms with Crippen LogP contribution < -0.4 is 34.9 Å². The van der Waals surface area contributed by atoms with Gasteiger partial charge in [0.1, 0.15) is 15.9 Å². The molecule has 0 aromatic heterocycles. The Bertz CT molecular complexity index is 933. The van der Waals surface area contributed by atoms with Gasteiger partial charge in [0.05, 0.1) is 9.79 Å². The van der Waals surface area contributed by atoms with Crippen LogP contribution >= 0.6 is 0 Å². The Morgan fingerprint density at radius 1 is 1.05 bits per heavy atom. The maximum absolute atomic E-state index is 11.1. The van der Waals surface area contributed by atoms with E-state index in [1.165, 1.54) is 7.05 Å². The normalized spacial score (nSPS) is 12.0. The Morgan fingerprint density at radius 3 is 2.05 bits per heavy atom. The summed E-state index contributed by atoms with van der Waals surface area (Å²) in [7, 11) is -7.93. The maximum atomic E-state index is 11.1. The molecule has 0 spiro atoms. The minimum Gasteiger partial charge on any atom is -0.744 e. The summed E-state index contributed by atoms with van der Waals surface area (Å²) in [6.07, 6.45) is 0. The van der Waals surface area contributed by atoms with E-state index in [2.05, 4.69) is 5.32 Å². The topological polar surface area (TPSA) is 144 Å². The van der Waals surface area contributed by atoms with Crippen LogP contribution in [-0.2, 0) is 20.2 Å². The molecule has 22 heavy (non-hydrogen) atoms. The average molecular weight is 355 g/mol. The molecule has 0 amide bonds. The number of hydrogen-bond donors (Lipinski definition) is 3. The van der Waals surface area contributed by atoms with Crippen molar-refractivity contribution in [2.45, 2.75) is 9.79 Å². The van der Waals surface area contributed by atoms with E-state index in [1.807, 2.05) is 0 Å². The molecule has 2 aromatic rings. The van der Waals surface area contributed by atoms with Crippen LogP contribution in [0.4, 0.5) is 5.69 Å². The molecule has 0 saturated carbocycles. The van der Waals surface area contributed by atoms with Crippen LogP contribution in [0.2, 0.25) is 0 Å². The molecule has 8 nitrogen and oxygen atoms in total. The van der Waals surface area contributed by atoms with Gasteiger partial charge >= 0.3 is 29.6 Å². The first-order chi connectivity index (χ1) is 9.54. The van der Waals surface area contributed by atoms with Crippen molar-refractivity contribution in [3.8, 4) is 5.75 Å². The third-order valence-corrected chi connectivity index (χ3v) is 4.48. The van der Waals surface area contributed by atoms with E-state index in [0.29, 0.717) is 0 Å². The average Bonchev–Trinajstić information content (AvgIpc) is 2.34. The second kappa shape index (κ2) is 6.32. The summed E-state index contributed by atoms with van der Waals surface area (Å²) in [5.41, 5.74) is 0.126. The molecule has 0 aliphatic rings. The number of fused-ring (bicyclic) bond motifs is 1. The Balaban J connectivity index is 0.00000242. The molecule has 0 aliphatic carbocycles. The van der Waals surface area contributed by atoms with E-state index in [-0.39, 0.29) is 46.0 Å². The van der Waals surface area contributed by atoms with Gasteiger partial charge in [-0.1, -0.05) is 0 Å². The van der Waals surface area contributed by atoms with E-state index < -0.39 is 35.8 Å². The first-order valence-electron chi connectivity index (χ1n) is 5.46. The van der Waals surface area contributed by atoms with E-state index in [4.69, 9.17) is 4.55 Å². The van der Waals surface area contributed by atoms with Crippen LogP contribution in [0.25, 0.3) is 10.8 Å². The number of hydrogen-bond acceptors (Lipinski definition) is 7. The van der Waals surface area contributed by atoms with Gasteiger partial charge in [-0.25, -0.2) is 8.42 Å². The van der Waals surface area contributed by atoms with Crippen molar-refractivity contribution in [1.82, 2.24) is 0 Å². The van der Waals surface area contributed by atoms with Gasteiger partial charge in [-0.05, 0) is 23.6 Å². The van der Waals surface area contributed by atoms with Gasteiger partial charge < -0.3 is 15.0 Å². The molecule has 0 bridgehead atoms. The largest absolute Gasteiger partial charge is 1.00 e. The van der Waals surface area contributed by atoms with Crippen LogP contribution in [0.5, 0.6) is 5.75 Å². The van der Waals surface area contributed by atoms with E-state index in [1.54, 1.807) is 0 Å². The van der Waals surface area contributed by atoms with Crippen LogP contribution in [0.3, 0.4) is 0 Å². The number of anilines is 1. The Morgan fingerprint density at radius 2 is 1.59 bits per heavy atom. The number of phenolic OH excluding ortho intramolecular Hbond substituents is 1. The standard InChI is InChI=1S/C11H11NO7S2.Na/c1-12-9-4-7(20(14,15)16)2-6-3-8(21(17,18)19)5-10(13)11(6)9;/h2-5,12-13H,1H3,(H,14,15,16)(H,17,18,19);/q;+1/p-1. The molecular formula is C11H10NNaO7S2. The van der Waals surface area contributed by atoms with Crippen molar-refractivity contribution in [2.75, 3.05) is 12.4 Å². The summed E-state index contributed by atoms with van der Waals surface area (Å²) < 4.78 is 64.5. The number of aromatic hydroxyl groups is 1. The van der Waals surface area contributed by atoms with Crippen molar-refractivity contribution >= 4 is 36.7 Å². The first kappa shape index (κ1) is 19.2. The molecule has 0 saturated heterocycles. The molecule has 11 heteroatoms. The van der Waals surface area contributed by atoms with Gasteiger partial charge in [0, 0.05) is 24.2 Å². The predicted octanol–water partition coefficient (Wildman–Crippen LogP) is -2.26. The van der Waals surface area contributed by atoms with Crippen molar-refractivity contribution in [2.24, 2.45) is 0 Å². The third kappa shape index (κ3) is 3.71. The van der Waals surface area contributed by atoms with Gasteiger partial charge in [0.2, 0.25) is 0 Å². The first-order valence-corrected chi connectivity index (χ1v) is 8.31. The molecular weight excluding hydrogens is 345 g/mol. The molecule has 0 aliphatic heterocycles. The summed E-state index contributed by atoms with van der Waals surface area (Å²) in [6, 6.07) is 3.73. The van der Waals surface area contributed by atoms with Gasteiger partial charge in [-0.3, -0.25) is 4.55 Å². The number of phenols is 1. The molecule has 0 unspecified atom stereocenters.